The Hall–Kier alpha value is -2.29. The van der Waals surface area contributed by atoms with Gasteiger partial charge in [-0.3, -0.25) is 4.90 Å². The molecule has 6 nitrogen and oxygen atoms in total. The summed E-state index contributed by atoms with van der Waals surface area (Å²) in [5, 5.41) is 1.35. The molecule has 0 N–H and O–H groups in total. The minimum Gasteiger partial charge on any atom is -0.462 e. The van der Waals surface area contributed by atoms with Crippen molar-refractivity contribution < 1.29 is 13.9 Å². The van der Waals surface area contributed by atoms with Crippen molar-refractivity contribution in [1.29, 1.82) is 0 Å². The first-order valence-electron chi connectivity index (χ1n) is 9.81. The van der Waals surface area contributed by atoms with E-state index in [1.165, 1.54) is 23.7 Å². The summed E-state index contributed by atoms with van der Waals surface area (Å²) < 4.78 is 19.3. The van der Waals surface area contributed by atoms with E-state index in [4.69, 9.17) is 16.3 Å². The number of hydrogen-bond acceptors (Lipinski definition) is 7. The van der Waals surface area contributed by atoms with E-state index >= 15 is 0 Å². The Balaban J connectivity index is 1.53. The molecule has 2 aromatic heterocycles. The first-order valence-corrected chi connectivity index (χ1v) is 11.0. The molecule has 4 rings (SSSR count). The second kappa shape index (κ2) is 8.83. The average Bonchev–Trinajstić information content (AvgIpc) is 3.08. The molecular formula is C21H22ClFN4O2S. The minimum absolute atomic E-state index is 0.275. The van der Waals surface area contributed by atoms with Crippen LogP contribution in [0.5, 0.6) is 0 Å². The predicted molar refractivity (Wildman–Crippen MR) is 117 cm³/mol. The summed E-state index contributed by atoms with van der Waals surface area (Å²) in [6.07, 6.45) is 1.54. The fourth-order valence-electron chi connectivity index (χ4n) is 3.71. The molecule has 0 unspecified atom stereocenters. The van der Waals surface area contributed by atoms with Gasteiger partial charge in [-0.2, -0.15) is 0 Å². The molecule has 1 fully saturated rings. The van der Waals surface area contributed by atoms with Gasteiger partial charge in [0.15, 0.2) is 0 Å². The van der Waals surface area contributed by atoms with Crippen LogP contribution in [0, 0.1) is 12.7 Å². The lowest BCUT2D eigenvalue weighted by atomic mass is 10.1. The summed E-state index contributed by atoms with van der Waals surface area (Å²) in [5.74, 6) is 0.228. The Morgan fingerprint density at radius 2 is 2.03 bits per heavy atom. The van der Waals surface area contributed by atoms with Crippen molar-refractivity contribution >= 4 is 44.9 Å². The molecule has 1 aliphatic rings. The molecule has 0 spiro atoms. The molecule has 0 aliphatic carbocycles. The lowest BCUT2D eigenvalue weighted by molar-refractivity contribution is 0.0531. The first kappa shape index (κ1) is 21.0. The van der Waals surface area contributed by atoms with Crippen LogP contribution < -0.4 is 4.90 Å². The highest BCUT2D eigenvalue weighted by Gasteiger charge is 2.25. The fraction of sp³-hybridized carbons (Fsp3) is 0.381. The lowest BCUT2D eigenvalue weighted by Crippen LogP contribution is -2.46. The Morgan fingerprint density at radius 3 is 2.73 bits per heavy atom. The van der Waals surface area contributed by atoms with Crippen molar-refractivity contribution in [1.82, 2.24) is 14.9 Å². The number of halogens is 2. The number of aryl methyl sites for hydroxylation is 1. The van der Waals surface area contributed by atoms with Gasteiger partial charge in [-0.1, -0.05) is 17.7 Å². The van der Waals surface area contributed by atoms with E-state index in [1.807, 2.05) is 6.92 Å². The highest BCUT2D eigenvalue weighted by Crippen LogP contribution is 2.35. The SMILES string of the molecule is CCOC(=O)c1sc2ncnc(N3CCN(Cc4c(F)cccc4Cl)CC3)c2c1C. The van der Waals surface area contributed by atoms with Gasteiger partial charge in [0.2, 0.25) is 0 Å². The maximum Gasteiger partial charge on any atom is 0.348 e. The number of hydrogen-bond donors (Lipinski definition) is 0. The van der Waals surface area contributed by atoms with Gasteiger partial charge in [-0.15, -0.1) is 11.3 Å². The Morgan fingerprint density at radius 1 is 1.27 bits per heavy atom. The number of piperazine rings is 1. The Kier molecular flexibility index (Phi) is 6.17. The zero-order chi connectivity index (χ0) is 21.3. The molecule has 1 aromatic carbocycles. The summed E-state index contributed by atoms with van der Waals surface area (Å²) in [6, 6.07) is 4.77. The molecule has 3 aromatic rings. The number of rotatable bonds is 5. The third kappa shape index (κ3) is 3.99. The number of carbonyl (C=O) groups excluding carboxylic acids is 1. The molecule has 0 amide bonds. The van der Waals surface area contributed by atoms with E-state index in [0.29, 0.717) is 28.6 Å². The van der Waals surface area contributed by atoms with Crippen molar-refractivity contribution in [3.05, 3.63) is 51.4 Å². The summed E-state index contributed by atoms with van der Waals surface area (Å²) in [7, 11) is 0. The van der Waals surface area contributed by atoms with Crippen LogP contribution >= 0.6 is 22.9 Å². The fourth-order valence-corrected chi connectivity index (χ4v) is 4.97. The van der Waals surface area contributed by atoms with Crippen molar-refractivity contribution in [2.75, 3.05) is 37.7 Å². The van der Waals surface area contributed by atoms with E-state index in [9.17, 15) is 9.18 Å². The quantitative estimate of drug-likeness (QED) is 0.543. The number of esters is 1. The van der Waals surface area contributed by atoms with Gasteiger partial charge < -0.3 is 9.64 Å². The van der Waals surface area contributed by atoms with Crippen LogP contribution in [0.15, 0.2) is 24.5 Å². The molecule has 0 radical (unpaired) electrons. The van der Waals surface area contributed by atoms with E-state index in [2.05, 4.69) is 19.8 Å². The van der Waals surface area contributed by atoms with Crippen LogP contribution in [-0.4, -0.2) is 53.6 Å². The number of aromatic nitrogens is 2. The van der Waals surface area contributed by atoms with E-state index < -0.39 is 0 Å². The third-order valence-electron chi connectivity index (χ3n) is 5.28. The first-order chi connectivity index (χ1) is 14.5. The molecular weight excluding hydrogens is 427 g/mol. The molecule has 9 heteroatoms. The smallest absolute Gasteiger partial charge is 0.348 e. The normalized spacial score (nSPS) is 15.0. The molecule has 3 heterocycles. The van der Waals surface area contributed by atoms with Crippen molar-refractivity contribution in [3.63, 3.8) is 0 Å². The minimum atomic E-state index is -0.324. The van der Waals surface area contributed by atoms with Crippen LogP contribution in [0.25, 0.3) is 10.2 Å². The molecule has 1 aliphatic heterocycles. The molecule has 0 saturated carbocycles. The average molecular weight is 449 g/mol. The van der Waals surface area contributed by atoms with Crippen LogP contribution in [0.4, 0.5) is 10.2 Å². The zero-order valence-corrected chi connectivity index (χ0v) is 18.4. The van der Waals surface area contributed by atoms with Gasteiger partial charge in [0.1, 0.15) is 27.7 Å². The maximum absolute atomic E-state index is 14.1. The maximum atomic E-state index is 14.1. The number of nitrogens with zero attached hydrogens (tertiary/aromatic N) is 4. The van der Waals surface area contributed by atoms with Crippen molar-refractivity contribution in [3.8, 4) is 0 Å². The number of anilines is 1. The second-order valence-corrected chi connectivity index (χ2v) is 8.52. The van der Waals surface area contributed by atoms with Crippen LogP contribution in [0.2, 0.25) is 5.02 Å². The summed E-state index contributed by atoms with van der Waals surface area (Å²) in [6.45, 7) is 7.49. The number of fused-ring (bicyclic) bond motifs is 1. The van der Waals surface area contributed by atoms with Crippen molar-refractivity contribution in [2.24, 2.45) is 0 Å². The largest absolute Gasteiger partial charge is 0.462 e. The predicted octanol–water partition coefficient (Wildman–Crippen LogP) is 4.29. The van der Waals surface area contributed by atoms with Crippen LogP contribution in [-0.2, 0) is 11.3 Å². The standard InChI is InChI=1S/C21H22ClFN4O2S/c1-3-29-21(28)18-13(2)17-19(24-12-25-20(17)30-18)27-9-7-26(8-10-27)11-14-15(22)5-4-6-16(14)23/h4-6,12H,3,7-11H2,1-2H3. The van der Waals surface area contributed by atoms with Gasteiger partial charge in [0, 0.05) is 43.3 Å². The lowest BCUT2D eigenvalue weighted by Gasteiger charge is -2.35. The number of carbonyl (C=O) groups is 1. The zero-order valence-electron chi connectivity index (χ0n) is 16.8. The highest BCUT2D eigenvalue weighted by atomic mass is 35.5. The number of thiophene rings is 1. The van der Waals surface area contributed by atoms with Crippen molar-refractivity contribution in [2.45, 2.75) is 20.4 Å². The van der Waals surface area contributed by atoms with Gasteiger partial charge >= 0.3 is 5.97 Å². The van der Waals surface area contributed by atoms with Crippen LogP contribution in [0.1, 0.15) is 27.7 Å². The van der Waals surface area contributed by atoms with Gasteiger partial charge in [0.05, 0.1) is 12.0 Å². The van der Waals surface area contributed by atoms with Gasteiger partial charge in [-0.05, 0) is 31.5 Å². The topological polar surface area (TPSA) is 58.6 Å². The summed E-state index contributed by atoms with van der Waals surface area (Å²) >= 11 is 7.51. The van der Waals surface area contributed by atoms with Gasteiger partial charge in [-0.25, -0.2) is 19.2 Å². The Labute approximate surface area is 183 Å². The molecule has 30 heavy (non-hydrogen) atoms. The van der Waals surface area contributed by atoms with E-state index in [0.717, 1.165) is 47.8 Å². The molecule has 158 valence electrons. The second-order valence-electron chi connectivity index (χ2n) is 7.12. The summed E-state index contributed by atoms with van der Waals surface area (Å²) in [5.41, 5.74) is 1.38. The highest BCUT2D eigenvalue weighted by molar-refractivity contribution is 7.20. The molecule has 0 bridgehead atoms. The third-order valence-corrected chi connectivity index (χ3v) is 6.82. The molecule has 1 saturated heterocycles. The number of ether oxygens (including phenoxy) is 1. The van der Waals surface area contributed by atoms with Gasteiger partial charge in [0.25, 0.3) is 0 Å². The molecule has 0 atom stereocenters. The van der Waals surface area contributed by atoms with E-state index in [1.54, 1.807) is 19.1 Å². The van der Waals surface area contributed by atoms with Crippen LogP contribution in [0.3, 0.4) is 0 Å². The summed E-state index contributed by atoms with van der Waals surface area (Å²) in [4.78, 5) is 26.9. The monoisotopic (exact) mass is 448 g/mol. The van der Waals surface area contributed by atoms with E-state index in [-0.39, 0.29) is 11.8 Å². The number of benzene rings is 1. The Bertz CT molecular complexity index is 1060.